The van der Waals surface area contributed by atoms with Gasteiger partial charge in [0, 0.05) is 12.1 Å². The molecule has 3 aromatic rings. The molecule has 2 amide bonds. The van der Waals surface area contributed by atoms with Crippen LogP contribution in [0.4, 0.5) is 0 Å². The van der Waals surface area contributed by atoms with E-state index in [4.69, 9.17) is 8.83 Å². The molecule has 0 unspecified atom stereocenters. The van der Waals surface area contributed by atoms with Gasteiger partial charge < -0.3 is 18.6 Å². The van der Waals surface area contributed by atoms with Gasteiger partial charge in [0.25, 0.3) is 5.91 Å². The van der Waals surface area contributed by atoms with Gasteiger partial charge >= 0.3 is 0 Å². The molecule has 3 rings (SSSR count). The Kier molecular flexibility index (Phi) is 6.45. The molecular formula is C24H28N2O4. The third-order valence-corrected chi connectivity index (χ3v) is 4.79. The van der Waals surface area contributed by atoms with Gasteiger partial charge in [0.15, 0.2) is 5.76 Å². The lowest BCUT2D eigenvalue weighted by molar-refractivity contribution is -0.134. The topological polar surface area (TPSA) is 66.9 Å². The molecule has 2 heterocycles. The molecule has 0 N–H and O–H groups in total. The summed E-state index contributed by atoms with van der Waals surface area (Å²) in [5.74, 6) is 1.24. The smallest absolute Gasteiger partial charge is 0.290 e. The van der Waals surface area contributed by atoms with Gasteiger partial charge in [-0.3, -0.25) is 9.59 Å². The predicted molar refractivity (Wildman–Crippen MR) is 114 cm³/mol. The first kappa shape index (κ1) is 21.4. The monoisotopic (exact) mass is 408 g/mol. The summed E-state index contributed by atoms with van der Waals surface area (Å²) in [6.45, 7) is 8.27. The van der Waals surface area contributed by atoms with Gasteiger partial charge in [0.05, 0.1) is 12.8 Å². The van der Waals surface area contributed by atoms with E-state index in [1.165, 1.54) is 6.26 Å². The standard InChI is InChI=1S/C24H28N2O4/c1-18-12-13-20(30-18)16-25(15-19-9-6-5-7-10-19)22(27)17-26(24(2,3)4)23(28)21-11-8-14-29-21/h5-14H,15-17H2,1-4H3. The molecule has 0 spiro atoms. The van der Waals surface area contributed by atoms with Crippen LogP contribution in [0.25, 0.3) is 0 Å². The van der Waals surface area contributed by atoms with E-state index in [-0.39, 0.29) is 24.1 Å². The van der Waals surface area contributed by atoms with Crippen molar-refractivity contribution in [3.63, 3.8) is 0 Å². The molecule has 158 valence electrons. The second-order valence-corrected chi connectivity index (χ2v) is 8.29. The van der Waals surface area contributed by atoms with Crippen molar-refractivity contribution < 1.29 is 18.4 Å². The SMILES string of the molecule is Cc1ccc(CN(Cc2ccccc2)C(=O)CN(C(=O)c2ccco2)C(C)(C)C)o1. The van der Waals surface area contributed by atoms with Crippen LogP contribution in [-0.4, -0.2) is 33.7 Å². The normalized spacial score (nSPS) is 11.3. The van der Waals surface area contributed by atoms with Gasteiger partial charge in [0.1, 0.15) is 18.1 Å². The molecule has 30 heavy (non-hydrogen) atoms. The van der Waals surface area contributed by atoms with Crippen LogP contribution >= 0.6 is 0 Å². The predicted octanol–water partition coefficient (Wildman–Crippen LogP) is 4.65. The molecule has 0 fully saturated rings. The maximum absolute atomic E-state index is 13.3. The third kappa shape index (κ3) is 5.41. The average Bonchev–Trinajstić information content (AvgIpc) is 3.37. The Morgan fingerprint density at radius 2 is 1.67 bits per heavy atom. The summed E-state index contributed by atoms with van der Waals surface area (Å²) in [7, 11) is 0. The van der Waals surface area contributed by atoms with Crippen molar-refractivity contribution >= 4 is 11.8 Å². The van der Waals surface area contributed by atoms with E-state index in [9.17, 15) is 9.59 Å². The van der Waals surface area contributed by atoms with Gasteiger partial charge in [-0.05, 0) is 57.5 Å². The maximum Gasteiger partial charge on any atom is 0.290 e. The minimum absolute atomic E-state index is 0.0600. The summed E-state index contributed by atoms with van der Waals surface area (Å²) in [6.07, 6.45) is 1.46. The van der Waals surface area contributed by atoms with E-state index in [0.717, 1.165) is 11.3 Å². The van der Waals surface area contributed by atoms with Crippen molar-refractivity contribution in [2.24, 2.45) is 0 Å². The number of furan rings is 2. The lowest BCUT2D eigenvalue weighted by Crippen LogP contribution is -2.51. The number of hydrogen-bond acceptors (Lipinski definition) is 4. The zero-order valence-corrected chi connectivity index (χ0v) is 17.9. The first-order chi connectivity index (χ1) is 14.2. The maximum atomic E-state index is 13.3. The number of nitrogens with zero attached hydrogens (tertiary/aromatic N) is 2. The molecule has 0 radical (unpaired) electrons. The molecule has 0 saturated heterocycles. The number of carbonyl (C=O) groups excluding carboxylic acids is 2. The van der Waals surface area contributed by atoms with Gasteiger partial charge in [0.2, 0.25) is 5.91 Å². The van der Waals surface area contributed by atoms with Crippen LogP contribution in [0.2, 0.25) is 0 Å². The van der Waals surface area contributed by atoms with Crippen molar-refractivity contribution in [3.05, 3.63) is 83.7 Å². The molecule has 2 aromatic heterocycles. The third-order valence-electron chi connectivity index (χ3n) is 4.79. The zero-order valence-electron chi connectivity index (χ0n) is 17.9. The molecule has 0 atom stereocenters. The van der Waals surface area contributed by atoms with E-state index in [2.05, 4.69) is 0 Å². The molecule has 0 aliphatic heterocycles. The van der Waals surface area contributed by atoms with Crippen molar-refractivity contribution in [2.45, 2.75) is 46.3 Å². The van der Waals surface area contributed by atoms with Crippen LogP contribution in [0, 0.1) is 6.92 Å². The number of carbonyl (C=O) groups is 2. The molecule has 0 bridgehead atoms. The van der Waals surface area contributed by atoms with Crippen molar-refractivity contribution in [3.8, 4) is 0 Å². The highest BCUT2D eigenvalue weighted by molar-refractivity contribution is 5.94. The van der Waals surface area contributed by atoms with Crippen LogP contribution in [0.1, 0.15) is 48.4 Å². The second-order valence-electron chi connectivity index (χ2n) is 8.29. The van der Waals surface area contributed by atoms with Gasteiger partial charge in [-0.25, -0.2) is 0 Å². The largest absolute Gasteiger partial charge is 0.464 e. The van der Waals surface area contributed by atoms with Gasteiger partial charge in [-0.15, -0.1) is 0 Å². The fourth-order valence-corrected chi connectivity index (χ4v) is 3.18. The quantitative estimate of drug-likeness (QED) is 0.571. The Morgan fingerprint density at radius 3 is 2.23 bits per heavy atom. The highest BCUT2D eigenvalue weighted by atomic mass is 16.3. The van der Waals surface area contributed by atoms with Gasteiger partial charge in [-0.2, -0.15) is 0 Å². The second kappa shape index (κ2) is 9.03. The molecule has 6 nitrogen and oxygen atoms in total. The highest BCUT2D eigenvalue weighted by Gasteiger charge is 2.32. The Bertz CT molecular complexity index is 968. The lowest BCUT2D eigenvalue weighted by atomic mass is 10.1. The summed E-state index contributed by atoms with van der Waals surface area (Å²) in [5, 5.41) is 0. The summed E-state index contributed by atoms with van der Waals surface area (Å²) in [4.78, 5) is 29.6. The lowest BCUT2D eigenvalue weighted by Gasteiger charge is -2.36. The molecule has 0 aliphatic carbocycles. The fourth-order valence-electron chi connectivity index (χ4n) is 3.18. The summed E-state index contributed by atoms with van der Waals surface area (Å²) < 4.78 is 11.0. The van der Waals surface area contributed by atoms with E-state index in [1.54, 1.807) is 21.9 Å². The summed E-state index contributed by atoms with van der Waals surface area (Å²) in [6, 6.07) is 16.8. The number of aryl methyl sites for hydroxylation is 1. The summed E-state index contributed by atoms with van der Waals surface area (Å²) in [5.41, 5.74) is 0.452. The molecule has 0 saturated carbocycles. The van der Waals surface area contributed by atoms with E-state index >= 15 is 0 Å². The van der Waals surface area contributed by atoms with Crippen LogP contribution in [0.5, 0.6) is 0 Å². The first-order valence-electron chi connectivity index (χ1n) is 9.96. The highest BCUT2D eigenvalue weighted by Crippen LogP contribution is 2.20. The van der Waals surface area contributed by atoms with Crippen LogP contribution in [-0.2, 0) is 17.9 Å². The van der Waals surface area contributed by atoms with Crippen molar-refractivity contribution in [2.75, 3.05) is 6.54 Å². The van der Waals surface area contributed by atoms with Crippen molar-refractivity contribution in [1.82, 2.24) is 9.80 Å². The van der Waals surface area contributed by atoms with Crippen LogP contribution in [0.15, 0.2) is 69.7 Å². The Hall–Kier alpha value is -3.28. The zero-order chi connectivity index (χ0) is 21.7. The first-order valence-corrected chi connectivity index (χ1v) is 9.96. The van der Waals surface area contributed by atoms with Crippen LogP contribution < -0.4 is 0 Å². The minimum Gasteiger partial charge on any atom is -0.464 e. The number of hydrogen-bond donors (Lipinski definition) is 0. The van der Waals surface area contributed by atoms with E-state index in [1.807, 2.05) is 70.2 Å². The Balaban J connectivity index is 1.83. The average molecular weight is 408 g/mol. The van der Waals surface area contributed by atoms with Crippen molar-refractivity contribution in [1.29, 1.82) is 0 Å². The summed E-state index contributed by atoms with van der Waals surface area (Å²) >= 11 is 0. The fraction of sp³-hybridized carbons (Fsp3) is 0.333. The Labute approximate surface area is 177 Å². The van der Waals surface area contributed by atoms with E-state index in [0.29, 0.717) is 18.8 Å². The minimum atomic E-state index is -0.556. The van der Waals surface area contributed by atoms with E-state index < -0.39 is 5.54 Å². The number of rotatable bonds is 7. The Morgan fingerprint density at radius 1 is 0.933 bits per heavy atom. The number of benzene rings is 1. The van der Waals surface area contributed by atoms with Gasteiger partial charge in [-0.1, -0.05) is 30.3 Å². The molecule has 0 aliphatic rings. The molecule has 6 heteroatoms. The number of amides is 2. The molecular weight excluding hydrogens is 380 g/mol. The van der Waals surface area contributed by atoms with Crippen LogP contribution in [0.3, 0.4) is 0 Å². The molecule has 1 aromatic carbocycles.